The lowest BCUT2D eigenvalue weighted by Crippen LogP contribution is -2.21. The van der Waals surface area contributed by atoms with Crippen molar-refractivity contribution in [3.63, 3.8) is 0 Å². The average Bonchev–Trinajstić information content (AvgIpc) is 3.40. The van der Waals surface area contributed by atoms with Crippen molar-refractivity contribution in [1.82, 2.24) is 0 Å². The zero-order chi connectivity index (χ0) is 17.4. The second-order valence-corrected chi connectivity index (χ2v) is 6.08. The molecule has 6 nitrogen and oxygen atoms in total. The highest BCUT2D eigenvalue weighted by Gasteiger charge is 2.31. The van der Waals surface area contributed by atoms with E-state index in [1.165, 1.54) is 7.11 Å². The highest BCUT2D eigenvalue weighted by atomic mass is 16.5. The number of furan rings is 1. The molecule has 0 bridgehead atoms. The van der Waals surface area contributed by atoms with Crippen LogP contribution in [0.1, 0.15) is 12.8 Å². The Bertz CT molecular complexity index is 971. The first kappa shape index (κ1) is 15.5. The molecule has 1 aromatic heterocycles. The molecule has 6 heteroatoms. The number of methoxy groups -OCH3 is 1. The van der Waals surface area contributed by atoms with E-state index in [1.807, 2.05) is 30.3 Å². The Labute approximate surface area is 143 Å². The number of ether oxygens (including phenoxy) is 2. The lowest BCUT2D eigenvalue weighted by Gasteiger charge is -2.10. The number of hydrogen-bond acceptors (Lipinski definition) is 5. The van der Waals surface area contributed by atoms with Gasteiger partial charge in [-0.3, -0.25) is 9.59 Å². The Morgan fingerprint density at radius 3 is 2.72 bits per heavy atom. The Balaban J connectivity index is 1.58. The largest absolute Gasteiger partial charge is 0.495 e. The fourth-order valence-corrected chi connectivity index (χ4v) is 2.78. The molecule has 1 amide bonds. The minimum absolute atomic E-state index is 0.0331. The number of fused-ring (bicyclic) bond motifs is 3. The summed E-state index contributed by atoms with van der Waals surface area (Å²) in [4.78, 5) is 23.6. The minimum atomic E-state index is -0.414. The van der Waals surface area contributed by atoms with E-state index < -0.39 is 5.91 Å². The fraction of sp³-hybridized carbons (Fsp3) is 0.263. The first-order valence-electron chi connectivity index (χ1n) is 8.11. The van der Waals surface area contributed by atoms with Crippen LogP contribution in [0.15, 0.2) is 40.8 Å². The van der Waals surface area contributed by atoms with Crippen molar-refractivity contribution in [3.8, 4) is 5.75 Å². The molecule has 0 atom stereocenters. The molecule has 1 N–H and O–H groups in total. The van der Waals surface area contributed by atoms with Gasteiger partial charge in [0.05, 0.1) is 18.7 Å². The number of carbonyl (C=O) groups excluding carboxylic acids is 2. The number of esters is 1. The lowest BCUT2D eigenvalue weighted by molar-refractivity contribution is -0.148. The smallest absolute Gasteiger partial charge is 0.309 e. The molecule has 4 rings (SSSR count). The Kier molecular flexibility index (Phi) is 3.80. The first-order valence-corrected chi connectivity index (χ1v) is 8.11. The van der Waals surface area contributed by atoms with Gasteiger partial charge in [-0.2, -0.15) is 0 Å². The van der Waals surface area contributed by atoms with Crippen molar-refractivity contribution in [3.05, 3.63) is 36.4 Å². The van der Waals surface area contributed by atoms with E-state index >= 15 is 0 Å². The van der Waals surface area contributed by atoms with Crippen LogP contribution in [0.5, 0.6) is 5.75 Å². The van der Waals surface area contributed by atoms with Gasteiger partial charge in [-0.25, -0.2) is 0 Å². The molecule has 1 aliphatic rings. The number of benzene rings is 2. The van der Waals surface area contributed by atoms with Crippen LogP contribution in [0, 0.1) is 5.92 Å². The molecule has 2 aromatic carbocycles. The SMILES string of the molecule is COc1cc2c(cc1NC(=O)COC(=O)C1CC1)oc1ccccc12. The highest BCUT2D eigenvalue weighted by Crippen LogP contribution is 2.36. The molecule has 1 heterocycles. The molecule has 1 aliphatic carbocycles. The van der Waals surface area contributed by atoms with E-state index in [0.717, 1.165) is 29.2 Å². The molecule has 0 unspecified atom stereocenters. The Morgan fingerprint density at radius 1 is 1.16 bits per heavy atom. The molecule has 0 spiro atoms. The van der Waals surface area contributed by atoms with Crippen molar-refractivity contribution in [1.29, 1.82) is 0 Å². The van der Waals surface area contributed by atoms with Crippen LogP contribution in [0.4, 0.5) is 5.69 Å². The van der Waals surface area contributed by atoms with Crippen molar-refractivity contribution in [2.24, 2.45) is 5.92 Å². The molecule has 25 heavy (non-hydrogen) atoms. The van der Waals surface area contributed by atoms with Crippen LogP contribution >= 0.6 is 0 Å². The van der Waals surface area contributed by atoms with Crippen LogP contribution in [0.3, 0.4) is 0 Å². The summed E-state index contributed by atoms with van der Waals surface area (Å²) in [5.74, 6) is -0.243. The van der Waals surface area contributed by atoms with Gasteiger partial charge in [0.25, 0.3) is 5.91 Å². The van der Waals surface area contributed by atoms with E-state index in [9.17, 15) is 9.59 Å². The van der Waals surface area contributed by atoms with Gasteiger partial charge in [-0.1, -0.05) is 18.2 Å². The van der Waals surface area contributed by atoms with E-state index in [4.69, 9.17) is 13.9 Å². The molecule has 0 radical (unpaired) electrons. The van der Waals surface area contributed by atoms with Crippen LogP contribution in [-0.2, 0) is 14.3 Å². The third-order valence-corrected chi connectivity index (χ3v) is 4.23. The molecule has 1 saturated carbocycles. The summed E-state index contributed by atoms with van der Waals surface area (Å²) in [6.07, 6.45) is 1.69. The summed E-state index contributed by atoms with van der Waals surface area (Å²) in [6, 6.07) is 11.2. The van der Waals surface area contributed by atoms with Crippen LogP contribution in [0.2, 0.25) is 0 Å². The van der Waals surface area contributed by atoms with Gasteiger partial charge in [-0.15, -0.1) is 0 Å². The molecule has 3 aromatic rings. The summed E-state index contributed by atoms with van der Waals surface area (Å²) in [5, 5.41) is 4.60. The van der Waals surface area contributed by atoms with Crippen molar-refractivity contribution in [2.75, 3.05) is 19.0 Å². The number of anilines is 1. The molecular weight excluding hydrogens is 322 g/mol. The van der Waals surface area contributed by atoms with Crippen LogP contribution < -0.4 is 10.1 Å². The third kappa shape index (κ3) is 3.03. The molecular formula is C19H17NO5. The minimum Gasteiger partial charge on any atom is -0.495 e. The summed E-state index contributed by atoms with van der Waals surface area (Å²) < 4.78 is 16.2. The van der Waals surface area contributed by atoms with Crippen molar-refractivity contribution >= 4 is 39.5 Å². The topological polar surface area (TPSA) is 77.8 Å². The monoisotopic (exact) mass is 339 g/mol. The second-order valence-electron chi connectivity index (χ2n) is 6.08. The van der Waals surface area contributed by atoms with E-state index in [-0.39, 0.29) is 18.5 Å². The van der Waals surface area contributed by atoms with Crippen molar-refractivity contribution in [2.45, 2.75) is 12.8 Å². The highest BCUT2D eigenvalue weighted by molar-refractivity contribution is 6.07. The van der Waals surface area contributed by atoms with Gasteiger partial charge in [-0.05, 0) is 25.0 Å². The number of amides is 1. The maximum absolute atomic E-state index is 12.1. The summed E-state index contributed by atoms with van der Waals surface area (Å²) >= 11 is 0. The van der Waals surface area contributed by atoms with Crippen molar-refractivity contribution < 1.29 is 23.5 Å². The number of hydrogen-bond donors (Lipinski definition) is 1. The van der Waals surface area contributed by atoms with Gasteiger partial charge < -0.3 is 19.2 Å². The van der Waals surface area contributed by atoms with Gasteiger partial charge in [0.15, 0.2) is 6.61 Å². The Hall–Kier alpha value is -3.02. The van der Waals surface area contributed by atoms with Crippen LogP contribution in [-0.4, -0.2) is 25.6 Å². The maximum atomic E-state index is 12.1. The number of para-hydroxylation sites is 1. The predicted octanol–water partition coefficient (Wildman–Crippen LogP) is 3.49. The first-order chi connectivity index (χ1) is 12.2. The molecule has 0 saturated heterocycles. The zero-order valence-corrected chi connectivity index (χ0v) is 13.7. The maximum Gasteiger partial charge on any atom is 0.309 e. The lowest BCUT2D eigenvalue weighted by atomic mass is 10.1. The molecule has 128 valence electrons. The zero-order valence-electron chi connectivity index (χ0n) is 13.7. The van der Waals surface area contributed by atoms with Gasteiger partial charge in [0.2, 0.25) is 0 Å². The van der Waals surface area contributed by atoms with Gasteiger partial charge in [0.1, 0.15) is 16.9 Å². The van der Waals surface area contributed by atoms with Gasteiger partial charge >= 0.3 is 5.97 Å². The van der Waals surface area contributed by atoms with E-state index in [0.29, 0.717) is 17.0 Å². The Morgan fingerprint density at radius 2 is 1.96 bits per heavy atom. The van der Waals surface area contributed by atoms with Gasteiger partial charge in [0, 0.05) is 16.8 Å². The molecule has 0 aliphatic heterocycles. The average molecular weight is 339 g/mol. The third-order valence-electron chi connectivity index (χ3n) is 4.23. The van der Waals surface area contributed by atoms with E-state index in [1.54, 1.807) is 6.07 Å². The standard InChI is InChI=1S/C19H17NO5/c1-23-17-8-13-12-4-2-3-5-15(12)25-16(13)9-14(17)20-18(21)10-24-19(22)11-6-7-11/h2-5,8-9,11H,6-7,10H2,1H3,(H,20,21). The van der Waals surface area contributed by atoms with E-state index in [2.05, 4.69) is 5.32 Å². The van der Waals surface area contributed by atoms with Crippen LogP contribution in [0.25, 0.3) is 21.9 Å². The number of rotatable bonds is 5. The summed E-state index contributed by atoms with van der Waals surface area (Å²) in [7, 11) is 1.53. The second kappa shape index (κ2) is 6.12. The quantitative estimate of drug-likeness (QED) is 0.720. The summed E-state index contributed by atoms with van der Waals surface area (Å²) in [6.45, 7) is -0.309. The number of carbonyl (C=O) groups is 2. The predicted molar refractivity (Wildman–Crippen MR) is 92.6 cm³/mol. The fourth-order valence-electron chi connectivity index (χ4n) is 2.78. The normalized spacial score (nSPS) is 13.8. The molecule has 1 fully saturated rings. The number of nitrogens with one attached hydrogen (secondary N) is 1. The summed E-state index contributed by atoms with van der Waals surface area (Å²) in [5.41, 5.74) is 1.88.